The second-order valence-corrected chi connectivity index (χ2v) is 8.63. The van der Waals surface area contributed by atoms with Crippen molar-refractivity contribution in [2.45, 2.75) is 31.0 Å². The van der Waals surface area contributed by atoms with Gasteiger partial charge in [-0.3, -0.25) is 4.79 Å². The van der Waals surface area contributed by atoms with Crippen LogP contribution >= 0.6 is 23.4 Å². The quantitative estimate of drug-likeness (QED) is 0.343. The molecule has 0 aliphatic rings. The molecule has 10 nitrogen and oxygen atoms in total. The van der Waals surface area contributed by atoms with Gasteiger partial charge in [0, 0.05) is 17.3 Å². The van der Waals surface area contributed by atoms with E-state index in [2.05, 4.69) is 30.4 Å². The van der Waals surface area contributed by atoms with Crippen molar-refractivity contribution in [3.63, 3.8) is 0 Å². The molecule has 1 atom stereocenters. The lowest BCUT2D eigenvalue weighted by Gasteiger charge is -2.19. The van der Waals surface area contributed by atoms with Crippen LogP contribution in [0.2, 0.25) is 5.02 Å². The summed E-state index contributed by atoms with van der Waals surface area (Å²) in [5.41, 5.74) is 0.434. The summed E-state index contributed by atoms with van der Waals surface area (Å²) in [6.07, 6.45) is 7.02. The lowest BCUT2D eigenvalue weighted by Crippen LogP contribution is -2.38. The van der Waals surface area contributed by atoms with Crippen molar-refractivity contribution in [2.24, 2.45) is 0 Å². The van der Waals surface area contributed by atoms with Gasteiger partial charge < -0.3 is 14.8 Å². The third kappa shape index (κ3) is 5.44. The lowest BCUT2D eigenvalue weighted by atomic mass is 10.3. The maximum atomic E-state index is 13.0. The van der Waals surface area contributed by atoms with Gasteiger partial charge in [0.2, 0.25) is 12.0 Å². The van der Waals surface area contributed by atoms with E-state index in [1.807, 2.05) is 26.2 Å². The summed E-state index contributed by atoms with van der Waals surface area (Å²) in [6, 6.07) is 7.04. The standard InChI is InChI=1S/C22H22ClN7O3S/c1-13(2)32-11-17(21(31)29-18-7-6-14(34-3)9-25-18)33-22-15-10-28-30(19(15)26-12-27-22)20-16(23)5-4-8-24-20/h4-10,12-13,17H,11H2,1-3H3,(H,25,29,31). The van der Waals surface area contributed by atoms with E-state index in [0.29, 0.717) is 27.7 Å². The van der Waals surface area contributed by atoms with Crippen molar-refractivity contribution in [1.29, 1.82) is 0 Å². The van der Waals surface area contributed by atoms with Crippen LogP contribution in [-0.2, 0) is 9.53 Å². The molecule has 0 aliphatic heterocycles. The molecule has 0 saturated carbocycles. The van der Waals surface area contributed by atoms with Crippen molar-refractivity contribution in [2.75, 3.05) is 18.2 Å². The molecule has 176 valence electrons. The van der Waals surface area contributed by atoms with Gasteiger partial charge in [-0.15, -0.1) is 11.8 Å². The number of carbonyl (C=O) groups is 1. The number of halogens is 1. The topological polar surface area (TPSA) is 117 Å². The fraction of sp³-hybridized carbons (Fsp3) is 0.273. The highest BCUT2D eigenvalue weighted by Crippen LogP contribution is 2.26. The molecule has 1 N–H and O–H groups in total. The minimum absolute atomic E-state index is 0.0120. The molecule has 0 spiro atoms. The molecule has 4 rings (SSSR count). The van der Waals surface area contributed by atoms with Crippen molar-refractivity contribution in [1.82, 2.24) is 29.7 Å². The summed E-state index contributed by atoms with van der Waals surface area (Å²) >= 11 is 7.84. The largest absolute Gasteiger partial charge is 0.461 e. The van der Waals surface area contributed by atoms with E-state index in [1.54, 1.807) is 42.4 Å². The predicted octanol–water partition coefficient (Wildman–Crippen LogP) is 3.79. The number of fused-ring (bicyclic) bond motifs is 1. The number of amides is 1. The molecule has 12 heteroatoms. The molecule has 1 unspecified atom stereocenters. The van der Waals surface area contributed by atoms with E-state index in [9.17, 15) is 4.79 Å². The molecule has 0 aliphatic carbocycles. The number of anilines is 1. The zero-order chi connectivity index (χ0) is 24.1. The van der Waals surface area contributed by atoms with Crippen LogP contribution in [0.25, 0.3) is 16.9 Å². The van der Waals surface area contributed by atoms with Crippen LogP contribution in [0.15, 0.2) is 54.1 Å². The zero-order valence-corrected chi connectivity index (χ0v) is 20.2. The zero-order valence-electron chi connectivity index (χ0n) is 18.7. The predicted molar refractivity (Wildman–Crippen MR) is 130 cm³/mol. The Labute approximate surface area is 205 Å². The number of thioether (sulfide) groups is 1. The molecule has 4 heterocycles. The van der Waals surface area contributed by atoms with Crippen LogP contribution in [0.4, 0.5) is 5.82 Å². The first-order valence-electron chi connectivity index (χ1n) is 10.3. The van der Waals surface area contributed by atoms with E-state index in [1.165, 1.54) is 17.2 Å². The Morgan fingerprint density at radius 1 is 1.18 bits per heavy atom. The Kier molecular flexibility index (Phi) is 7.56. The molecular weight excluding hydrogens is 478 g/mol. The van der Waals surface area contributed by atoms with Gasteiger partial charge in [0.15, 0.2) is 11.5 Å². The Hall–Kier alpha value is -3.28. The number of nitrogens with one attached hydrogen (secondary N) is 1. The Balaban J connectivity index is 1.61. The Bertz CT molecular complexity index is 1280. The van der Waals surface area contributed by atoms with Crippen molar-refractivity contribution in [3.8, 4) is 11.7 Å². The molecule has 0 saturated heterocycles. The second-order valence-electron chi connectivity index (χ2n) is 7.34. The number of rotatable bonds is 9. The smallest absolute Gasteiger partial charge is 0.269 e. The van der Waals surface area contributed by atoms with Gasteiger partial charge >= 0.3 is 0 Å². The third-order valence-corrected chi connectivity index (χ3v) is 5.63. The SMILES string of the molecule is CSc1ccc(NC(=O)C(COC(C)C)Oc2ncnc3c2cnn3-c2ncccc2Cl)nc1. The summed E-state index contributed by atoms with van der Waals surface area (Å²) in [5, 5.41) is 8.02. The van der Waals surface area contributed by atoms with Gasteiger partial charge in [-0.1, -0.05) is 11.6 Å². The van der Waals surface area contributed by atoms with Crippen molar-refractivity contribution >= 4 is 46.1 Å². The maximum absolute atomic E-state index is 13.0. The van der Waals surface area contributed by atoms with Gasteiger partial charge in [-0.2, -0.15) is 9.78 Å². The van der Waals surface area contributed by atoms with E-state index in [0.717, 1.165) is 4.90 Å². The fourth-order valence-corrected chi connectivity index (χ4v) is 3.53. The molecule has 0 radical (unpaired) electrons. The summed E-state index contributed by atoms with van der Waals surface area (Å²) in [4.78, 5) is 31.1. The highest BCUT2D eigenvalue weighted by molar-refractivity contribution is 7.98. The summed E-state index contributed by atoms with van der Waals surface area (Å²) in [7, 11) is 0. The van der Waals surface area contributed by atoms with Gasteiger partial charge in [0.25, 0.3) is 5.91 Å². The Morgan fingerprint density at radius 2 is 2.03 bits per heavy atom. The molecule has 4 aromatic rings. The minimum atomic E-state index is -0.996. The average Bonchev–Trinajstić information content (AvgIpc) is 3.27. The van der Waals surface area contributed by atoms with E-state index < -0.39 is 12.0 Å². The number of pyridine rings is 2. The second kappa shape index (κ2) is 10.8. The number of carbonyl (C=O) groups excluding carboxylic acids is 1. The van der Waals surface area contributed by atoms with Crippen LogP contribution in [0.3, 0.4) is 0 Å². The molecule has 4 aromatic heterocycles. The molecular formula is C22H22ClN7O3S. The first-order chi connectivity index (χ1) is 16.5. The fourth-order valence-electron chi connectivity index (χ4n) is 2.96. The number of hydrogen-bond donors (Lipinski definition) is 1. The van der Waals surface area contributed by atoms with Crippen LogP contribution in [0.1, 0.15) is 13.8 Å². The molecule has 0 bridgehead atoms. The maximum Gasteiger partial charge on any atom is 0.269 e. The van der Waals surface area contributed by atoms with Crippen LogP contribution < -0.4 is 10.1 Å². The third-order valence-electron chi connectivity index (χ3n) is 4.62. The highest BCUT2D eigenvalue weighted by atomic mass is 35.5. The monoisotopic (exact) mass is 499 g/mol. The number of aromatic nitrogens is 6. The van der Waals surface area contributed by atoms with Crippen LogP contribution in [-0.4, -0.2) is 60.7 Å². The minimum Gasteiger partial charge on any atom is -0.461 e. The molecule has 34 heavy (non-hydrogen) atoms. The van der Waals surface area contributed by atoms with Gasteiger partial charge in [-0.05, 0) is 44.4 Å². The number of nitrogens with zero attached hydrogens (tertiary/aromatic N) is 6. The molecule has 0 fully saturated rings. The number of hydrogen-bond acceptors (Lipinski definition) is 9. The van der Waals surface area contributed by atoms with E-state index in [4.69, 9.17) is 21.1 Å². The normalized spacial score (nSPS) is 12.1. The van der Waals surface area contributed by atoms with Crippen LogP contribution in [0, 0.1) is 0 Å². The molecule has 1 amide bonds. The van der Waals surface area contributed by atoms with Crippen LogP contribution in [0.5, 0.6) is 5.88 Å². The number of ether oxygens (including phenoxy) is 2. The summed E-state index contributed by atoms with van der Waals surface area (Å²) in [6.45, 7) is 3.76. The lowest BCUT2D eigenvalue weighted by molar-refractivity contribution is -0.126. The first kappa shape index (κ1) is 23.9. The summed E-state index contributed by atoms with van der Waals surface area (Å²) < 4.78 is 13.2. The van der Waals surface area contributed by atoms with E-state index in [-0.39, 0.29) is 18.6 Å². The summed E-state index contributed by atoms with van der Waals surface area (Å²) in [5.74, 6) is 0.589. The van der Waals surface area contributed by atoms with Gasteiger partial charge in [0.1, 0.15) is 17.5 Å². The van der Waals surface area contributed by atoms with Gasteiger partial charge in [-0.25, -0.2) is 19.9 Å². The van der Waals surface area contributed by atoms with Crippen molar-refractivity contribution < 1.29 is 14.3 Å². The van der Waals surface area contributed by atoms with Crippen molar-refractivity contribution in [3.05, 3.63) is 54.2 Å². The highest BCUT2D eigenvalue weighted by Gasteiger charge is 2.25. The Morgan fingerprint density at radius 3 is 2.74 bits per heavy atom. The van der Waals surface area contributed by atoms with E-state index >= 15 is 0 Å². The van der Waals surface area contributed by atoms with Gasteiger partial charge in [0.05, 0.1) is 23.9 Å². The first-order valence-corrected chi connectivity index (χ1v) is 12.0. The average molecular weight is 500 g/mol. The molecule has 0 aromatic carbocycles.